The zero-order valence-electron chi connectivity index (χ0n) is 18.0. The van der Waals surface area contributed by atoms with Crippen LogP contribution in [0.5, 0.6) is 17.2 Å². The van der Waals surface area contributed by atoms with E-state index in [4.69, 9.17) is 20.6 Å². The third kappa shape index (κ3) is 7.67. The van der Waals surface area contributed by atoms with E-state index < -0.39 is 0 Å². The number of hydrogen-bond acceptors (Lipinski definition) is 4. The summed E-state index contributed by atoms with van der Waals surface area (Å²) in [6, 6.07) is 11.9. The quantitative estimate of drug-likeness (QED) is 0.226. The number of halogens is 1. The van der Waals surface area contributed by atoms with Gasteiger partial charge in [-0.1, -0.05) is 24.1 Å². The Morgan fingerprint density at radius 2 is 1.80 bits per heavy atom. The van der Waals surface area contributed by atoms with E-state index in [1.807, 2.05) is 38.1 Å². The number of aliphatic imine (C=N–C) groups is 1. The van der Waals surface area contributed by atoms with Crippen LogP contribution in [0.4, 0.5) is 0 Å². The molecule has 7 heteroatoms. The van der Waals surface area contributed by atoms with Crippen molar-refractivity contribution >= 4 is 29.9 Å². The lowest BCUT2D eigenvalue weighted by Crippen LogP contribution is -2.36. The molecule has 2 N–H and O–H groups in total. The molecule has 0 aromatic heterocycles. The SMILES string of the molecule is C#CCOc1cc(CN=C(NCC)NCc2ccc(C)cc2OC)ccc1OC.I. The Kier molecular flexibility index (Phi) is 11.5. The van der Waals surface area contributed by atoms with Crippen LogP contribution in [0.2, 0.25) is 0 Å². The highest BCUT2D eigenvalue weighted by Gasteiger charge is 2.07. The van der Waals surface area contributed by atoms with Gasteiger partial charge in [0, 0.05) is 18.7 Å². The number of methoxy groups -OCH3 is 2. The molecular formula is C23H30IN3O3. The van der Waals surface area contributed by atoms with Crippen LogP contribution in [-0.4, -0.2) is 33.3 Å². The summed E-state index contributed by atoms with van der Waals surface area (Å²) < 4.78 is 16.3. The topological polar surface area (TPSA) is 64.1 Å². The lowest BCUT2D eigenvalue weighted by atomic mass is 10.1. The van der Waals surface area contributed by atoms with E-state index in [0.29, 0.717) is 24.6 Å². The molecule has 0 aliphatic carbocycles. The molecule has 2 rings (SSSR count). The first-order valence-electron chi connectivity index (χ1n) is 9.50. The Bertz CT molecular complexity index is 878. The number of rotatable bonds is 9. The zero-order valence-corrected chi connectivity index (χ0v) is 20.3. The largest absolute Gasteiger partial charge is 0.496 e. The van der Waals surface area contributed by atoms with Crippen molar-refractivity contribution in [3.8, 4) is 29.6 Å². The second kappa shape index (κ2) is 13.6. The average Bonchev–Trinajstić information content (AvgIpc) is 2.74. The van der Waals surface area contributed by atoms with Gasteiger partial charge in [0.1, 0.15) is 12.4 Å². The summed E-state index contributed by atoms with van der Waals surface area (Å²) >= 11 is 0. The van der Waals surface area contributed by atoms with Gasteiger partial charge in [0.05, 0.1) is 20.8 Å². The molecule has 0 heterocycles. The van der Waals surface area contributed by atoms with Gasteiger partial charge < -0.3 is 24.8 Å². The summed E-state index contributed by atoms with van der Waals surface area (Å²) in [5, 5.41) is 6.61. The number of terminal acetylenes is 1. The van der Waals surface area contributed by atoms with Gasteiger partial charge in [0.25, 0.3) is 0 Å². The third-order valence-corrected chi connectivity index (χ3v) is 4.19. The van der Waals surface area contributed by atoms with Gasteiger partial charge in [-0.25, -0.2) is 4.99 Å². The molecule has 162 valence electrons. The minimum Gasteiger partial charge on any atom is -0.496 e. The maximum Gasteiger partial charge on any atom is 0.191 e. The van der Waals surface area contributed by atoms with Crippen molar-refractivity contribution in [1.82, 2.24) is 10.6 Å². The smallest absolute Gasteiger partial charge is 0.191 e. The van der Waals surface area contributed by atoms with Gasteiger partial charge in [0.2, 0.25) is 0 Å². The van der Waals surface area contributed by atoms with Crippen LogP contribution >= 0.6 is 24.0 Å². The van der Waals surface area contributed by atoms with Gasteiger partial charge in [0.15, 0.2) is 17.5 Å². The fourth-order valence-corrected chi connectivity index (χ4v) is 2.74. The van der Waals surface area contributed by atoms with Gasteiger partial charge in [-0.3, -0.25) is 0 Å². The van der Waals surface area contributed by atoms with Crippen molar-refractivity contribution in [2.45, 2.75) is 26.9 Å². The number of ether oxygens (including phenoxy) is 3. The fourth-order valence-electron chi connectivity index (χ4n) is 2.74. The summed E-state index contributed by atoms with van der Waals surface area (Å²) in [6.45, 7) is 6.11. The normalized spacial score (nSPS) is 10.4. The summed E-state index contributed by atoms with van der Waals surface area (Å²) in [4.78, 5) is 4.67. The highest BCUT2D eigenvalue weighted by molar-refractivity contribution is 14.0. The Morgan fingerprint density at radius 3 is 2.47 bits per heavy atom. The molecule has 0 unspecified atom stereocenters. The van der Waals surface area contributed by atoms with E-state index in [2.05, 4.69) is 33.7 Å². The molecule has 0 aliphatic rings. The molecule has 0 bridgehead atoms. The van der Waals surface area contributed by atoms with E-state index in [0.717, 1.165) is 34.9 Å². The molecule has 0 atom stereocenters. The number of guanidine groups is 1. The van der Waals surface area contributed by atoms with E-state index in [1.54, 1.807) is 14.2 Å². The molecule has 2 aromatic rings. The molecule has 0 spiro atoms. The Balaban J connectivity index is 0.00000450. The van der Waals surface area contributed by atoms with Crippen LogP contribution in [0.1, 0.15) is 23.6 Å². The second-order valence-corrected chi connectivity index (χ2v) is 6.34. The van der Waals surface area contributed by atoms with Crippen molar-refractivity contribution in [3.63, 3.8) is 0 Å². The molecule has 0 saturated heterocycles. The van der Waals surface area contributed by atoms with Gasteiger partial charge in [-0.2, -0.15) is 0 Å². The molecule has 0 amide bonds. The van der Waals surface area contributed by atoms with E-state index in [1.165, 1.54) is 0 Å². The Hall–Kier alpha value is -2.60. The predicted molar refractivity (Wildman–Crippen MR) is 132 cm³/mol. The molecule has 2 aromatic carbocycles. The summed E-state index contributed by atoms with van der Waals surface area (Å²) in [6.07, 6.45) is 5.28. The van der Waals surface area contributed by atoms with Crippen LogP contribution in [0.15, 0.2) is 41.4 Å². The van der Waals surface area contributed by atoms with Crippen LogP contribution in [0.25, 0.3) is 0 Å². The van der Waals surface area contributed by atoms with Crippen LogP contribution in [0, 0.1) is 19.3 Å². The van der Waals surface area contributed by atoms with Crippen molar-refractivity contribution in [2.24, 2.45) is 4.99 Å². The first-order chi connectivity index (χ1) is 14.1. The van der Waals surface area contributed by atoms with Crippen LogP contribution in [0.3, 0.4) is 0 Å². The number of nitrogens with one attached hydrogen (secondary N) is 2. The predicted octanol–water partition coefficient (Wildman–Crippen LogP) is 3.90. The average molecular weight is 523 g/mol. The van der Waals surface area contributed by atoms with Crippen molar-refractivity contribution < 1.29 is 14.2 Å². The van der Waals surface area contributed by atoms with Gasteiger partial charge in [-0.15, -0.1) is 30.4 Å². The Morgan fingerprint density at radius 1 is 1.03 bits per heavy atom. The van der Waals surface area contributed by atoms with E-state index >= 15 is 0 Å². The molecular weight excluding hydrogens is 493 g/mol. The lowest BCUT2D eigenvalue weighted by Gasteiger charge is -2.14. The molecule has 0 fully saturated rings. The van der Waals surface area contributed by atoms with E-state index in [9.17, 15) is 0 Å². The molecule has 6 nitrogen and oxygen atoms in total. The summed E-state index contributed by atoms with van der Waals surface area (Å²) in [5.74, 6) is 5.30. The molecule has 0 aliphatic heterocycles. The van der Waals surface area contributed by atoms with E-state index in [-0.39, 0.29) is 30.6 Å². The van der Waals surface area contributed by atoms with Crippen LogP contribution in [-0.2, 0) is 13.1 Å². The minimum atomic E-state index is 0. The maximum atomic E-state index is 5.56. The molecule has 30 heavy (non-hydrogen) atoms. The van der Waals surface area contributed by atoms with Crippen LogP contribution < -0.4 is 24.8 Å². The lowest BCUT2D eigenvalue weighted by molar-refractivity contribution is 0.330. The highest BCUT2D eigenvalue weighted by atomic mass is 127. The van der Waals surface area contributed by atoms with Gasteiger partial charge >= 0.3 is 0 Å². The van der Waals surface area contributed by atoms with Gasteiger partial charge in [-0.05, 0) is 43.2 Å². The Labute approximate surface area is 196 Å². The maximum absolute atomic E-state index is 5.56. The zero-order chi connectivity index (χ0) is 21.1. The van der Waals surface area contributed by atoms with Crippen molar-refractivity contribution in [2.75, 3.05) is 27.4 Å². The summed E-state index contributed by atoms with van der Waals surface area (Å²) in [7, 11) is 3.28. The number of hydrogen-bond donors (Lipinski definition) is 2. The first-order valence-corrected chi connectivity index (χ1v) is 9.50. The van der Waals surface area contributed by atoms with Crippen molar-refractivity contribution in [1.29, 1.82) is 0 Å². The number of benzene rings is 2. The monoisotopic (exact) mass is 523 g/mol. The second-order valence-electron chi connectivity index (χ2n) is 6.34. The minimum absolute atomic E-state index is 0. The molecule has 0 radical (unpaired) electrons. The fraction of sp³-hybridized carbons (Fsp3) is 0.348. The molecule has 0 saturated carbocycles. The highest BCUT2D eigenvalue weighted by Crippen LogP contribution is 2.28. The number of nitrogens with zero attached hydrogens (tertiary/aromatic N) is 1. The standard InChI is InChI=1S/C23H29N3O3.HI/c1-6-12-29-22-14-18(9-11-20(22)27-4)15-25-23(24-7-2)26-16-19-10-8-17(3)13-21(19)28-5;/h1,8-11,13-14H,7,12,15-16H2,2-5H3,(H2,24,25,26);1H. The summed E-state index contributed by atoms with van der Waals surface area (Å²) in [5.41, 5.74) is 3.22. The first kappa shape index (κ1) is 25.4. The third-order valence-electron chi connectivity index (χ3n) is 4.19. The van der Waals surface area contributed by atoms with Crippen molar-refractivity contribution in [3.05, 3.63) is 53.1 Å². The number of aryl methyl sites for hydroxylation is 1.